The molecule has 4 rings (SSSR count). The van der Waals surface area contributed by atoms with Crippen molar-refractivity contribution in [2.75, 3.05) is 5.32 Å². The summed E-state index contributed by atoms with van der Waals surface area (Å²) in [5.41, 5.74) is 1.22. The Morgan fingerprint density at radius 2 is 1.93 bits per heavy atom. The lowest BCUT2D eigenvalue weighted by molar-refractivity contribution is 0.0739. The van der Waals surface area contributed by atoms with Gasteiger partial charge in [-0.2, -0.15) is 0 Å². The van der Waals surface area contributed by atoms with Crippen LogP contribution in [0.3, 0.4) is 0 Å². The van der Waals surface area contributed by atoms with E-state index in [4.69, 9.17) is 20.8 Å². The Morgan fingerprint density at radius 3 is 2.72 bits per heavy atom. The second-order valence-electron chi connectivity index (χ2n) is 5.86. The molecular formula is C21H13ClN2O4S. The van der Waals surface area contributed by atoms with Crippen molar-refractivity contribution in [1.29, 1.82) is 0 Å². The van der Waals surface area contributed by atoms with Crippen molar-refractivity contribution in [1.82, 2.24) is 4.98 Å². The van der Waals surface area contributed by atoms with Crippen molar-refractivity contribution in [2.45, 2.75) is 0 Å². The third-order valence-electron chi connectivity index (χ3n) is 3.86. The third kappa shape index (κ3) is 4.37. The predicted molar refractivity (Wildman–Crippen MR) is 111 cm³/mol. The summed E-state index contributed by atoms with van der Waals surface area (Å²) in [6.07, 6.45) is 2.87. The van der Waals surface area contributed by atoms with E-state index in [1.807, 2.05) is 18.2 Å². The SMILES string of the molecule is O=C(Nc1cccc(OC(=O)c2cnc(-c3ccccc3Cl)s2)c1)c1ccco1. The first-order valence-corrected chi connectivity index (χ1v) is 9.67. The van der Waals surface area contributed by atoms with E-state index < -0.39 is 11.9 Å². The number of aromatic nitrogens is 1. The number of rotatable bonds is 5. The minimum atomic E-state index is -0.546. The maximum Gasteiger partial charge on any atom is 0.355 e. The molecule has 0 unspecified atom stereocenters. The third-order valence-corrected chi connectivity index (χ3v) is 5.20. The highest BCUT2D eigenvalue weighted by Crippen LogP contribution is 2.31. The zero-order valence-corrected chi connectivity index (χ0v) is 16.4. The number of carbonyl (C=O) groups excluding carboxylic acids is 2. The molecule has 0 spiro atoms. The van der Waals surface area contributed by atoms with Crippen molar-refractivity contribution >= 4 is 40.5 Å². The molecule has 2 aromatic carbocycles. The van der Waals surface area contributed by atoms with Gasteiger partial charge in [-0.3, -0.25) is 4.79 Å². The van der Waals surface area contributed by atoms with E-state index in [2.05, 4.69) is 10.3 Å². The molecule has 6 nitrogen and oxygen atoms in total. The van der Waals surface area contributed by atoms with Gasteiger partial charge in [0, 0.05) is 17.3 Å². The van der Waals surface area contributed by atoms with Crippen molar-refractivity contribution < 1.29 is 18.7 Å². The zero-order valence-electron chi connectivity index (χ0n) is 14.8. The zero-order chi connectivity index (χ0) is 20.2. The molecule has 0 atom stereocenters. The Morgan fingerprint density at radius 1 is 1.07 bits per heavy atom. The highest BCUT2D eigenvalue weighted by atomic mass is 35.5. The monoisotopic (exact) mass is 424 g/mol. The van der Waals surface area contributed by atoms with Crippen LogP contribution in [0.1, 0.15) is 20.2 Å². The van der Waals surface area contributed by atoms with Gasteiger partial charge in [0.25, 0.3) is 5.91 Å². The topological polar surface area (TPSA) is 81.4 Å². The summed E-state index contributed by atoms with van der Waals surface area (Å²) in [4.78, 5) is 29.1. The highest BCUT2D eigenvalue weighted by molar-refractivity contribution is 7.16. The molecule has 0 fully saturated rings. The Hall–Kier alpha value is -3.42. The molecular weight excluding hydrogens is 412 g/mol. The van der Waals surface area contributed by atoms with E-state index in [0.29, 0.717) is 26.3 Å². The molecule has 0 aliphatic rings. The molecule has 2 aromatic heterocycles. The second-order valence-corrected chi connectivity index (χ2v) is 7.30. The van der Waals surface area contributed by atoms with Crippen molar-refractivity contribution in [2.24, 2.45) is 0 Å². The summed E-state index contributed by atoms with van der Waals surface area (Å²) in [7, 11) is 0. The summed E-state index contributed by atoms with van der Waals surface area (Å²) in [5.74, 6) is -0.468. The molecule has 1 N–H and O–H groups in total. The number of halogens is 1. The van der Waals surface area contributed by atoms with Gasteiger partial charge in [-0.05, 0) is 30.3 Å². The van der Waals surface area contributed by atoms with Gasteiger partial charge < -0.3 is 14.5 Å². The van der Waals surface area contributed by atoms with E-state index in [1.165, 1.54) is 23.8 Å². The summed E-state index contributed by atoms with van der Waals surface area (Å²) < 4.78 is 10.5. The van der Waals surface area contributed by atoms with E-state index >= 15 is 0 Å². The van der Waals surface area contributed by atoms with Crippen molar-refractivity contribution in [3.8, 4) is 16.3 Å². The average molecular weight is 425 g/mol. The number of anilines is 1. The maximum absolute atomic E-state index is 12.5. The van der Waals surface area contributed by atoms with Gasteiger partial charge in [0.05, 0.1) is 17.5 Å². The molecule has 0 saturated carbocycles. The number of nitrogens with zero attached hydrogens (tertiary/aromatic N) is 1. The van der Waals surface area contributed by atoms with Crippen molar-refractivity contribution in [3.05, 3.63) is 88.8 Å². The number of thiazole rings is 1. The smallest absolute Gasteiger partial charge is 0.355 e. The molecule has 0 bridgehead atoms. The molecule has 29 heavy (non-hydrogen) atoms. The number of carbonyl (C=O) groups is 2. The maximum atomic E-state index is 12.5. The second kappa shape index (κ2) is 8.30. The molecule has 4 aromatic rings. The fraction of sp³-hybridized carbons (Fsp3) is 0. The predicted octanol–water partition coefficient (Wildman–Crippen LogP) is 5.53. The summed E-state index contributed by atoms with van der Waals surface area (Å²) in [6.45, 7) is 0. The highest BCUT2D eigenvalue weighted by Gasteiger charge is 2.16. The number of amides is 1. The van der Waals surface area contributed by atoms with Crippen LogP contribution < -0.4 is 10.1 Å². The van der Waals surface area contributed by atoms with Gasteiger partial charge in [0.1, 0.15) is 15.6 Å². The Labute approximate surface area is 174 Å². The molecule has 0 saturated heterocycles. The first-order chi connectivity index (χ1) is 14.1. The van der Waals surface area contributed by atoms with E-state index in [0.717, 1.165) is 5.56 Å². The van der Waals surface area contributed by atoms with Gasteiger partial charge in [0.2, 0.25) is 0 Å². The number of hydrogen-bond donors (Lipinski definition) is 1. The fourth-order valence-corrected chi connectivity index (χ4v) is 3.64. The number of esters is 1. The quantitative estimate of drug-likeness (QED) is 0.336. The number of benzene rings is 2. The lowest BCUT2D eigenvalue weighted by atomic mass is 10.2. The number of ether oxygens (including phenoxy) is 1. The van der Waals surface area contributed by atoms with Crippen LogP contribution in [0.25, 0.3) is 10.6 Å². The first kappa shape index (κ1) is 18.9. The van der Waals surface area contributed by atoms with Gasteiger partial charge in [0.15, 0.2) is 5.76 Å². The number of nitrogens with one attached hydrogen (secondary N) is 1. The molecule has 0 aliphatic heterocycles. The normalized spacial score (nSPS) is 10.5. The molecule has 2 heterocycles. The number of furan rings is 1. The molecule has 144 valence electrons. The summed E-state index contributed by atoms with van der Waals surface area (Å²) in [5, 5.41) is 3.87. The first-order valence-electron chi connectivity index (χ1n) is 8.48. The Bertz CT molecular complexity index is 1170. The minimum absolute atomic E-state index is 0.184. The van der Waals surface area contributed by atoms with Crippen LogP contribution in [0.4, 0.5) is 5.69 Å². The standard InChI is InChI=1S/C21H13ClN2O4S/c22-16-8-2-1-7-15(16)20-23-12-18(29-20)21(26)28-14-6-3-5-13(11-14)24-19(25)17-9-4-10-27-17/h1-12H,(H,24,25). The van der Waals surface area contributed by atoms with Crippen LogP contribution in [-0.2, 0) is 0 Å². The van der Waals surface area contributed by atoms with E-state index in [-0.39, 0.29) is 5.76 Å². The Balaban J connectivity index is 1.46. The summed E-state index contributed by atoms with van der Waals surface area (Å²) in [6, 6.07) is 17.0. The van der Waals surface area contributed by atoms with Crippen LogP contribution in [0.15, 0.2) is 77.5 Å². The van der Waals surface area contributed by atoms with Crippen LogP contribution >= 0.6 is 22.9 Å². The van der Waals surface area contributed by atoms with Gasteiger partial charge in [-0.15, -0.1) is 11.3 Å². The van der Waals surface area contributed by atoms with Gasteiger partial charge in [-0.1, -0.05) is 35.9 Å². The van der Waals surface area contributed by atoms with Crippen LogP contribution in [0, 0.1) is 0 Å². The average Bonchev–Trinajstić information content (AvgIpc) is 3.41. The van der Waals surface area contributed by atoms with E-state index in [1.54, 1.807) is 42.5 Å². The van der Waals surface area contributed by atoms with Crippen LogP contribution in [-0.4, -0.2) is 16.9 Å². The van der Waals surface area contributed by atoms with Gasteiger partial charge in [-0.25, -0.2) is 9.78 Å². The Kier molecular flexibility index (Phi) is 5.41. The lowest BCUT2D eigenvalue weighted by Gasteiger charge is -2.06. The minimum Gasteiger partial charge on any atom is -0.459 e. The van der Waals surface area contributed by atoms with E-state index in [9.17, 15) is 9.59 Å². The van der Waals surface area contributed by atoms with Crippen LogP contribution in [0.5, 0.6) is 5.75 Å². The molecule has 1 amide bonds. The molecule has 8 heteroatoms. The van der Waals surface area contributed by atoms with Gasteiger partial charge >= 0.3 is 5.97 Å². The molecule has 0 radical (unpaired) electrons. The van der Waals surface area contributed by atoms with Crippen molar-refractivity contribution in [3.63, 3.8) is 0 Å². The van der Waals surface area contributed by atoms with Crippen LogP contribution in [0.2, 0.25) is 5.02 Å². The fourth-order valence-electron chi connectivity index (χ4n) is 2.52. The lowest BCUT2D eigenvalue weighted by Crippen LogP contribution is -2.11. The summed E-state index contributed by atoms with van der Waals surface area (Å²) >= 11 is 7.37. The molecule has 0 aliphatic carbocycles. The largest absolute Gasteiger partial charge is 0.459 e. The number of hydrogen-bond acceptors (Lipinski definition) is 6.